The summed E-state index contributed by atoms with van der Waals surface area (Å²) in [6.45, 7) is 0. The molecule has 0 aromatic carbocycles. The Labute approximate surface area is 112 Å². The molecule has 1 heterocycles. The van der Waals surface area contributed by atoms with Crippen LogP contribution < -0.4 is 5.32 Å². The Morgan fingerprint density at radius 1 is 1.37 bits per heavy atom. The minimum absolute atomic E-state index is 0.243. The summed E-state index contributed by atoms with van der Waals surface area (Å²) in [6, 6.07) is 5.40. The Bertz CT molecular complexity index is 500. The smallest absolute Gasteiger partial charge is 0.329 e. The molecule has 2 rings (SSSR count). The zero-order valence-corrected chi connectivity index (χ0v) is 10.7. The number of rotatable bonds is 3. The highest BCUT2D eigenvalue weighted by Gasteiger charge is 2.39. The molecular weight excluding hydrogens is 242 g/mol. The lowest BCUT2D eigenvalue weighted by Gasteiger charge is -2.30. The lowest BCUT2D eigenvalue weighted by Crippen LogP contribution is -2.46. The van der Waals surface area contributed by atoms with Gasteiger partial charge >= 0.3 is 5.97 Å². The molecule has 1 aromatic heterocycles. The van der Waals surface area contributed by atoms with E-state index < -0.39 is 11.5 Å². The third-order valence-electron chi connectivity index (χ3n) is 3.65. The van der Waals surface area contributed by atoms with Crippen molar-refractivity contribution in [1.82, 2.24) is 4.98 Å². The van der Waals surface area contributed by atoms with Crippen LogP contribution in [0.15, 0.2) is 18.3 Å². The average molecular weight is 259 g/mol. The van der Waals surface area contributed by atoms with E-state index >= 15 is 0 Å². The van der Waals surface area contributed by atoms with Gasteiger partial charge in [0.15, 0.2) is 5.69 Å². The Balaban J connectivity index is 2.30. The van der Waals surface area contributed by atoms with E-state index in [1.807, 2.05) is 6.07 Å². The molecule has 5 heteroatoms. The first-order chi connectivity index (χ1) is 9.18. The molecule has 0 spiro atoms. The molecule has 0 saturated heterocycles. The van der Waals surface area contributed by atoms with E-state index in [0.29, 0.717) is 18.5 Å². The van der Waals surface area contributed by atoms with Gasteiger partial charge in [-0.2, -0.15) is 5.26 Å². The molecule has 19 heavy (non-hydrogen) atoms. The standard InChI is InChI=1S/C14H17N3O2/c15-10-12-11(6-5-9-16-12)17-14(13(18)19)7-3-1-2-4-8-14/h5-6,9,17H,1-4,7-8H2,(H,18,19). The molecule has 0 radical (unpaired) electrons. The van der Waals surface area contributed by atoms with E-state index in [0.717, 1.165) is 25.7 Å². The van der Waals surface area contributed by atoms with Gasteiger partial charge in [-0.05, 0) is 25.0 Å². The Morgan fingerprint density at radius 2 is 2.05 bits per heavy atom. The molecule has 1 aliphatic carbocycles. The van der Waals surface area contributed by atoms with Crippen LogP contribution >= 0.6 is 0 Å². The fourth-order valence-electron chi connectivity index (χ4n) is 2.58. The minimum atomic E-state index is -0.967. The molecule has 1 saturated carbocycles. The molecule has 0 atom stereocenters. The number of anilines is 1. The van der Waals surface area contributed by atoms with Crippen LogP contribution in [-0.2, 0) is 4.79 Å². The molecule has 5 nitrogen and oxygen atoms in total. The quantitative estimate of drug-likeness (QED) is 0.815. The highest BCUT2D eigenvalue weighted by atomic mass is 16.4. The number of hydrogen-bond donors (Lipinski definition) is 2. The van der Waals surface area contributed by atoms with Crippen LogP contribution in [0.4, 0.5) is 5.69 Å². The van der Waals surface area contributed by atoms with Crippen molar-refractivity contribution >= 4 is 11.7 Å². The predicted octanol–water partition coefficient (Wildman–Crippen LogP) is 2.54. The van der Waals surface area contributed by atoms with Crippen molar-refractivity contribution in [1.29, 1.82) is 5.26 Å². The summed E-state index contributed by atoms with van der Waals surface area (Å²) in [5.41, 5.74) is -0.216. The number of pyridine rings is 1. The van der Waals surface area contributed by atoms with E-state index in [1.54, 1.807) is 12.1 Å². The maximum Gasteiger partial charge on any atom is 0.329 e. The summed E-state index contributed by atoms with van der Waals surface area (Å²) in [7, 11) is 0. The van der Waals surface area contributed by atoms with Gasteiger partial charge in [0.05, 0.1) is 5.69 Å². The highest BCUT2D eigenvalue weighted by molar-refractivity contribution is 5.83. The Hall–Kier alpha value is -2.09. The van der Waals surface area contributed by atoms with Crippen molar-refractivity contribution in [2.24, 2.45) is 0 Å². The second-order valence-corrected chi connectivity index (χ2v) is 4.94. The number of carboxylic acid groups (broad SMARTS) is 1. The molecule has 1 aromatic rings. The van der Waals surface area contributed by atoms with Crippen molar-refractivity contribution < 1.29 is 9.90 Å². The number of carbonyl (C=O) groups is 1. The normalized spacial score (nSPS) is 18.1. The van der Waals surface area contributed by atoms with Crippen molar-refractivity contribution in [2.75, 3.05) is 5.32 Å². The molecule has 1 aliphatic rings. The van der Waals surface area contributed by atoms with E-state index in [1.165, 1.54) is 6.20 Å². The van der Waals surface area contributed by atoms with Gasteiger partial charge < -0.3 is 10.4 Å². The highest BCUT2D eigenvalue weighted by Crippen LogP contribution is 2.31. The number of aromatic nitrogens is 1. The molecule has 0 aliphatic heterocycles. The summed E-state index contributed by atoms with van der Waals surface area (Å²) in [5.74, 6) is -0.845. The number of carboxylic acids is 1. The summed E-state index contributed by atoms with van der Waals surface area (Å²) < 4.78 is 0. The van der Waals surface area contributed by atoms with Crippen LogP contribution in [0.2, 0.25) is 0 Å². The third kappa shape index (κ3) is 2.84. The van der Waals surface area contributed by atoms with Crippen molar-refractivity contribution in [3.63, 3.8) is 0 Å². The Kier molecular flexibility index (Phi) is 4.00. The summed E-state index contributed by atoms with van der Waals surface area (Å²) >= 11 is 0. The number of nitriles is 1. The summed E-state index contributed by atoms with van der Waals surface area (Å²) in [6.07, 6.45) is 6.61. The fraction of sp³-hybridized carbons (Fsp3) is 0.500. The van der Waals surface area contributed by atoms with Gasteiger partial charge in [-0.1, -0.05) is 25.7 Å². The minimum Gasteiger partial charge on any atom is -0.480 e. The monoisotopic (exact) mass is 259 g/mol. The summed E-state index contributed by atoms with van der Waals surface area (Å²) in [5, 5.41) is 21.7. The summed E-state index contributed by atoms with van der Waals surface area (Å²) in [4.78, 5) is 15.6. The third-order valence-corrected chi connectivity index (χ3v) is 3.65. The topological polar surface area (TPSA) is 86.0 Å². The van der Waals surface area contributed by atoms with Gasteiger partial charge in [0, 0.05) is 6.20 Å². The molecular formula is C14H17N3O2. The number of nitrogens with one attached hydrogen (secondary N) is 1. The van der Waals surface area contributed by atoms with Crippen molar-refractivity contribution in [2.45, 2.75) is 44.1 Å². The molecule has 100 valence electrons. The van der Waals surface area contributed by atoms with E-state index in [9.17, 15) is 9.90 Å². The Morgan fingerprint density at radius 3 is 2.63 bits per heavy atom. The van der Waals surface area contributed by atoms with Gasteiger partial charge in [0.2, 0.25) is 0 Å². The van der Waals surface area contributed by atoms with Crippen LogP contribution in [0, 0.1) is 11.3 Å². The van der Waals surface area contributed by atoms with Gasteiger partial charge in [0.25, 0.3) is 0 Å². The van der Waals surface area contributed by atoms with Crippen molar-refractivity contribution in [3.8, 4) is 6.07 Å². The van der Waals surface area contributed by atoms with Crippen LogP contribution in [0.3, 0.4) is 0 Å². The molecule has 0 bridgehead atoms. The molecule has 1 fully saturated rings. The fourth-order valence-corrected chi connectivity index (χ4v) is 2.58. The van der Waals surface area contributed by atoms with Crippen LogP contribution in [0.25, 0.3) is 0 Å². The second kappa shape index (κ2) is 5.70. The van der Waals surface area contributed by atoms with Crippen molar-refractivity contribution in [3.05, 3.63) is 24.0 Å². The lowest BCUT2D eigenvalue weighted by molar-refractivity contribution is -0.142. The average Bonchev–Trinajstić information content (AvgIpc) is 2.66. The SMILES string of the molecule is N#Cc1ncccc1NC1(C(=O)O)CCCCCC1. The van der Waals surface area contributed by atoms with Gasteiger partial charge in [-0.15, -0.1) is 0 Å². The first-order valence-electron chi connectivity index (χ1n) is 6.55. The molecule has 0 amide bonds. The van der Waals surface area contributed by atoms with Crippen LogP contribution in [0.1, 0.15) is 44.2 Å². The van der Waals surface area contributed by atoms with Gasteiger partial charge in [0.1, 0.15) is 11.6 Å². The second-order valence-electron chi connectivity index (χ2n) is 4.94. The predicted molar refractivity (Wildman–Crippen MR) is 70.6 cm³/mol. The van der Waals surface area contributed by atoms with Gasteiger partial charge in [-0.25, -0.2) is 9.78 Å². The number of nitrogens with zero attached hydrogens (tertiary/aromatic N) is 2. The van der Waals surface area contributed by atoms with Crippen LogP contribution in [0.5, 0.6) is 0 Å². The van der Waals surface area contributed by atoms with E-state index in [-0.39, 0.29) is 5.69 Å². The first kappa shape index (κ1) is 13.3. The molecule has 2 N–H and O–H groups in total. The molecule has 0 unspecified atom stereocenters. The largest absolute Gasteiger partial charge is 0.480 e. The lowest BCUT2D eigenvalue weighted by atomic mass is 9.90. The number of hydrogen-bond acceptors (Lipinski definition) is 4. The van der Waals surface area contributed by atoms with Gasteiger partial charge in [-0.3, -0.25) is 0 Å². The zero-order valence-electron chi connectivity index (χ0n) is 10.7. The maximum atomic E-state index is 11.7. The first-order valence-corrected chi connectivity index (χ1v) is 6.55. The van der Waals surface area contributed by atoms with E-state index in [2.05, 4.69) is 10.3 Å². The number of aliphatic carboxylic acids is 1. The maximum absolute atomic E-state index is 11.7. The van der Waals surface area contributed by atoms with E-state index in [4.69, 9.17) is 5.26 Å². The zero-order chi connectivity index (χ0) is 13.7. The van der Waals surface area contributed by atoms with Crippen LogP contribution in [-0.4, -0.2) is 21.6 Å².